The minimum atomic E-state index is -0.383. The smallest absolute Gasteiger partial charge is 0.267 e. The van der Waals surface area contributed by atoms with Gasteiger partial charge in [-0.25, -0.2) is 0 Å². The summed E-state index contributed by atoms with van der Waals surface area (Å²) in [5, 5.41) is 6.68. The topological polar surface area (TPSA) is 87.1 Å². The Balaban J connectivity index is 1.43. The number of carbonyl (C=O) groups is 2. The van der Waals surface area contributed by atoms with E-state index in [1.54, 1.807) is 36.4 Å². The first-order valence-electron chi connectivity index (χ1n) is 9.65. The molecule has 2 aromatic carbocycles. The highest BCUT2D eigenvalue weighted by Gasteiger charge is 2.15. The highest BCUT2D eigenvalue weighted by molar-refractivity contribution is 6.05. The number of aromatic nitrogens is 1. The number of para-hydroxylation sites is 1. The van der Waals surface area contributed by atoms with E-state index < -0.39 is 0 Å². The summed E-state index contributed by atoms with van der Waals surface area (Å²) in [6, 6.07) is 22.3. The molecule has 0 aliphatic heterocycles. The summed E-state index contributed by atoms with van der Waals surface area (Å²) in [5.74, 6) is -0.268. The second kappa shape index (κ2) is 8.96. The van der Waals surface area contributed by atoms with Crippen molar-refractivity contribution in [1.29, 1.82) is 0 Å². The van der Waals surface area contributed by atoms with E-state index in [4.69, 9.17) is 4.42 Å². The normalized spacial score (nSPS) is 11.4. The molecule has 0 saturated carbocycles. The van der Waals surface area contributed by atoms with E-state index in [9.17, 15) is 9.59 Å². The Morgan fingerprint density at radius 2 is 1.77 bits per heavy atom. The molecule has 150 valence electrons. The van der Waals surface area contributed by atoms with E-state index in [1.807, 2.05) is 30.3 Å². The van der Waals surface area contributed by atoms with Gasteiger partial charge in [-0.15, -0.1) is 0 Å². The molecule has 0 unspecified atom stereocenters. The molecule has 0 aliphatic carbocycles. The van der Waals surface area contributed by atoms with Gasteiger partial charge in [0.05, 0.1) is 6.26 Å². The minimum absolute atomic E-state index is 0.121. The van der Waals surface area contributed by atoms with Crippen molar-refractivity contribution in [3.8, 4) is 0 Å². The van der Waals surface area contributed by atoms with Gasteiger partial charge in [0.1, 0.15) is 11.5 Å². The number of nitrogens with one attached hydrogen (secondary N) is 3. The number of fused-ring (bicyclic) bond motifs is 1. The van der Waals surface area contributed by atoms with Crippen LogP contribution in [0.3, 0.4) is 0 Å². The molecule has 2 amide bonds. The van der Waals surface area contributed by atoms with Crippen LogP contribution in [0.4, 0.5) is 0 Å². The van der Waals surface area contributed by atoms with Crippen molar-refractivity contribution in [3.05, 3.63) is 102 Å². The van der Waals surface area contributed by atoms with E-state index in [1.165, 1.54) is 12.3 Å². The highest BCUT2D eigenvalue weighted by atomic mass is 16.3. The molecule has 2 heterocycles. The summed E-state index contributed by atoms with van der Waals surface area (Å²) < 4.78 is 5.30. The van der Waals surface area contributed by atoms with Gasteiger partial charge in [0, 0.05) is 35.8 Å². The molecule has 6 nitrogen and oxygen atoms in total. The molecular weight excluding hydrogens is 378 g/mol. The second-order valence-electron chi connectivity index (χ2n) is 6.78. The first kappa shape index (κ1) is 19.3. The number of carbonyl (C=O) groups excluding carboxylic acids is 2. The first-order chi connectivity index (χ1) is 14.7. The van der Waals surface area contributed by atoms with Gasteiger partial charge < -0.3 is 20.0 Å². The van der Waals surface area contributed by atoms with Crippen LogP contribution in [0.1, 0.15) is 21.8 Å². The molecule has 0 atom stereocenters. The number of hydrogen-bond acceptors (Lipinski definition) is 3. The van der Waals surface area contributed by atoms with Crippen LogP contribution < -0.4 is 10.6 Å². The number of rotatable bonds is 7. The van der Waals surface area contributed by atoms with Crippen molar-refractivity contribution in [2.45, 2.75) is 6.42 Å². The third-order valence-electron chi connectivity index (χ3n) is 4.62. The van der Waals surface area contributed by atoms with Crippen LogP contribution in [-0.2, 0) is 11.2 Å². The fourth-order valence-electron chi connectivity index (χ4n) is 3.13. The number of hydrogen-bond donors (Lipinski definition) is 3. The zero-order chi connectivity index (χ0) is 20.8. The van der Waals surface area contributed by atoms with Crippen LogP contribution >= 0.6 is 0 Å². The van der Waals surface area contributed by atoms with Crippen molar-refractivity contribution in [3.63, 3.8) is 0 Å². The summed E-state index contributed by atoms with van der Waals surface area (Å²) in [6.45, 7) is 0.419. The molecule has 0 radical (unpaired) electrons. The predicted octanol–water partition coefficient (Wildman–Crippen LogP) is 3.89. The lowest BCUT2D eigenvalue weighted by Crippen LogP contribution is -2.35. The van der Waals surface area contributed by atoms with Gasteiger partial charge in [-0.3, -0.25) is 9.59 Å². The molecule has 0 aliphatic rings. The number of aromatic amines is 1. The third kappa shape index (κ3) is 4.67. The van der Waals surface area contributed by atoms with E-state index in [0.717, 1.165) is 16.6 Å². The van der Waals surface area contributed by atoms with Crippen LogP contribution in [-0.4, -0.2) is 23.3 Å². The maximum absolute atomic E-state index is 12.8. The average Bonchev–Trinajstić information content (AvgIpc) is 3.43. The lowest BCUT2D eigenvalue weighted by Gasteiger charge is -2.10. The first-order valence-corrected chi connectivity index (χ1v) is 9.65. The van der Waals surface area contributed by atoms with Crippen molar-refractivity contribution >= 4 is 28.8 Å². The highest BCUT2D eigenvalue weighted by Crippen LogP contribution is 2.14. The SMILES string of the molecule is O=C(NCCc1cc2ccccc2[nH]1)C(=Cc1ccco1)NC(=O)c1ccccc1. The molecule has 0 bridgehead atoms. The average molecular weight is 399 g/mol. The standard InChI is InChI=1S/C24H21N3O3/c28-23(17-7-2-1-3-8-17)27-22(16-20-10-6-14-30-20)24(29)25-13-12-19-15-18-9-4-5-11-21(18)26-19/h1-11,14-16,26H,12-13H2,(H,25,29)(H,27,28). The van der Waals surface area contributed by atoms with E-state index in [0.29, 0.717) is 24.3 Å². The Bertz CT molecular complexity index is 1140. The fourth-order valence-corrected chi connectivity index (χ4v) is 3.13. The van der Waals surface area contributed by atoms with Crippen molar-refractivity contribution < 1.29 is 14.0 Å². The molecular formula is C24H21N3O3. The Hall–Kier alpha value is -4.06. The monoisotopic (exact) mass is 399 g/mol. The van der Waals surface area contributed by atoms with Gasteiger partial charge in [0.25, 0.3) is 11.8 Å². The Morgan fingerprint density at radius 1 is 0.967 bits per heavy atom. The molecule has 6 heteroatoms. The molecule has 2 aromatic heterocycles. The molecule has 0 saturated heterocycles. The van der Waals surface area contributed by atoms with Crippen LogP contribution in [0.25, 0.3) is 17.0 Å². The summed E-state index contributed by atoms with van der Waals surface area (Å²) in [5.41, 5.74) is 2.68. The number of benzene rings is 2. The summed E-state index contributed by atoms with van der Waals surface area (Å²) in [4.78, 5) is 28.6. The quantitative estimate of drug-likeness (QED) is 0.412. The lowest BCUT2D eigenvalue weighted by molar-refractivity contribution is -0.117. The van der Waals surface area contributed by atoms with Gasteiger partial charge in [-0.2, -0.15) is 0 Å². The summed E-state index contributed by atoms with van der Waals surface area (Å²) >= 11 is 0. The Morgan fingerprint density at radius 3 is 2.53 bits per heavy atom. The van der Waals surface area contributed by atoms with E-state index in [-0.39, 0.29) is 17.5 Å². The molecule has 0 fully saturated rings. The van der Waals surface area contributed by atoms with Crippen molar-refractivity contribution in [2.24, 2.45) is 0 Å². The predicted molar refractivity (Wildman–Crippen MR) is 116 cm³/mol. The molecule has 0 spiro atoms. The van der Waals surface area contributed by atoms with Crippen LogP contribution in [0.15, 0.2) is 89.2 Å². The third-order valence-corrected chi connectivity index (χ3v) is 4.62. The molecule has 30 heavy (non-hydrogen) atoms. The van der Waals surface area contributed by atoms with Crippen LogP contribution in [0.2, 0.25) is 0 Å². The zero-order valence-corrected chi connectivity index (χ0v) is 16.2. The Kier molecular flexibility index (Phi) is 5.75. The van der Waals surface area contributed by atoms with Gasteiger partial charge in [-0.05, 0) is 41.8 Å². The van der Waals surface area contributed by atoms with Gasteiger partial charge >= 0.3 is 0 Å². The number of amides is 2. The minimum Gasteiger partial charge on any atom is -0.465 e. The van der Waals surface area contributed by atoms with Crippen molar-refractivity contribution in [1.82, 2.24) is 15.6 Å². The maximum atomic E-state index is 12.8. The fraction of sp³-hybridized carbons (Fsp3) is 0.0833. The lowest BCUT2D eigenvalue weighted by atomic mass is 10.2. The molecule has 3 N–H and O–H groups in total. The van der Waals surface area contributed by atoms with Crippen molar-refractivity contribution in [2.75, 3.05) is 6.54 Å². The molecule has 4 rings (SSSR count). The van der Waals surface area contributed by atoms with Gasteiger partial charge in [0.2, 0.25) is 0 Å². The maximum Gasteiger partial charge on any atom is 0.267 e. The zero-order valence-electron chi connectivity index (χ0n) is 16.2. The number of furan rings is 1. The Labute approximate surface area is 173 Å². The van der Waals surface area contributed by atoms with Gasteiger partial charge in [0.15, 0.2) is 0 Å². The van der Waals surface area contributed by atoms with E-state index >= 15 is 0 Å². The van der Waals surface area contributed by atoms with E-state index in [2.05, 4.69) is 21.7 Å². The molecule has 4 aromatic rings. The summed E-state index contributed by atoms with van der Waals surface area (Å²) in [6.07, 6.45) is 3.66. The largest absolute Gasteiger partial charge is 0.465 e. The van der Waals surface area contributed by atoms with Gasteiger partial charge in [-0.1, -0.05) is 36.4 Å². The van der Waals surface area contributed by atoms with Crippen LogP contribution in [0, 0.1) is 0 Å². The van der Waals surface area contributed by atoms with Crippen LogP contribution in [0.5, 0.6) is 0 Å². The number of H-pyrrole nitrogens is 1. The second-order valence-corrected chi connectivity index (χ2v) is 6.78. The summed E-state index contributed by atoms with van der Waals surface area (Å²) in [7, 11) is 0.